The Balaban J connectivity index is 1.58. The molecular weight excluding hydrogens is 346 g/mol. The van der Waals surface area contributed by atoms with E-state index in [0.29, 0.717) is 23.7 Å². The van der Waals surface area contributed by atoms with Gasteiger partial charge >= 0.3 is 16.4 Å². The molecule has 12 nitrogen and oxygen atoms in total. The number of hydrogen-bond donors (Lipinski definition) is 3. The Morgan fingerprint density at radius 2 is 2.29 bits per heavy atom. The zero-order valence-electron chi connectivity index (χ0n) is 12.3. The number of aromatic nitrogens is 2. The molecule has 2 aliphatic heterocycles. The van der Waals surface area contributed by atoms with Gasteiger partial charge in [0.1, 0.15) is 18.5 Å². The molecule has 3 rings (SSSR count). The van der Waals surface area contributed by atoms with E-state index in [1.54, 1.807) is 6.20 Å². The number of aromatic amines is 1. The number of piperidine rings is 1. The maximum atomic E-state index is 12.2. The average Bonchev–Trinajstić information content (AvgIpc) is 3.10. The third-order valence-electron chi connectivity index (χ3n) is 3.74. The first-order valence-electron chi connectivity index (χ1n) is 7.02. The molecule has 2 bridgehead atoms. The summed E-state index contributed by atoms with van der Waals surface area (Å²) >= 11 is 0. The topological polar surface area (TPSA) is 154 Å². The van der Waals surface area contributed by atoms with E-state index in [4.69, 9.17) is 9.39 Å². The van der Waals surface area contributed by atoms with Crippen LogP contribution in [0.3, 0.4) is 0 Å². The van der Waals surface area contributed by atoms with Crippen LogP contribution < -0.4 is 5.48 Å². The number of fused-ring (bicyclic) bond motifs is 2. The van der Waals surface area contributed by atoms with Crippen molar-refractivity contribution in [1.82, 2.24) is 25.4 Å². The molecule has 1 unspecified atom stereocenters. The number of nitrogens with one attached hydrogen (secondary N) is 2. The van der Waals surface area contributed by atoms with Crippen LogP contribution in [0.2, 0.25) is 0 Å². The summed E-state index contributed by atoms with van der Waals surface area (Å²) < 4.78 is 34.6. The molecule has 1 aromatic heterocycles. The predicted octanol–water partition coefficient (Wildman–Crippen LogP) is -1.04. The number of carbonyl (C=O) groups excluding carboxylic acids is 2. The van der Waals surface area contributed by atoms with Gasteiger partial charge in [-0.2, -0.15) is 13.5 Å². The number of amides is 3. The van der Waals surface area contributed by atoms with Crippen molar-refractivity contribution in [3.8, 4) is 0 Å². The van der Waals surface area contributed by atoms with Crippen molar-refractivity contribution in [2.24, 2.45) is 0 Å². The molecule has 2 saturated heterocycles. The lowest BCUT2D eigenvalue weighted by atomic mass is 10.0. The number of urea groups is 1. The molecule has 1 aromatic rings. The van der Waals surface area contributed by atoms with E-state index in [2.05, 4.69) is 19.7 Å². The molecule has 0 spiro atoms. The fourth-order valence-electron chi connectivity index (χ4n) is 2.72. The first-order valence-corrected chi connectivity index (χ1v) is 8.38. The standard InChI is InChI=1S/C11H15N5O7S/c17-10(14-22-6-9-12-3-4-13-9)8-2-1-7-5-15(8)11(18)16(7)23-24(19,20)21/h3-4,7-8H,1-2,5-6H2,(H,12,13)(H,14,17)(H,19,20,21)/t7?,8-/m0/s1. The number of rotatable bonds is 6. The highest BCUT2D eigenvalue weighted by Gasteiger charge is 2.49. The molecule has 2 atom stereocenters. The van der Waals surface area contributed by atoms with E-state index in [-0.39, 0.29) is 13.2 Å². The second kappa shape index (κ2) is 6.35. The quantitative estimate of drug-likeness (QED) is 0.429. The molecule has 132 valence electrons. The van der Waals surface area contributed by atoms with E-state index in [1.807, 2.05) is 0 Å². The number of hydrogen-bond acceptors (Lipinski definition) is 7. The minimum Gasteiger partial charge on any atom is -0.347 e. The van der Waals surface area contributed by atoms with Crippen LogP contribution in [0.1, 0.15) is 18.7 Å². The van der Waals surface area contributed by atoms with E-state index >= 15 is 0 Å². The Morgan fingerprint density at radius 1 is 1.50 bits per heavy atom. The predicted molar refractivity (Wildman–Crippen MR) is 74.9 cm³/mol. The van der Waals surface area contributed by atoms with Crippen LogP contribution in [0, 0.1) is 0 Å². The fourth-order valence-corrected chi connectivity index (χ4v) is 3.11. The van der Waals surface area contributed by atoms with Crippen LogP contribution >= 0.6 is 0 Å². The van der Waals surface area contributed by atoms with Crippen LogP contribution in [0.15, 0.2) is 12.4 Å². The molecule has 0 radical (unpaired) electrons. The summed E-state index contributed by atoms with van der Waals surface area (Å²) in [5.41, 5.74) is 2.24. The molecule has 3 heterocycles. The van der Waals surface area contributed by atoms with Crippen molar-refractivity contribution in [3.63, 3.8) is 0 Å². The maximum absolute atomic E-state index is 12.2. The van der Waals surface area contributed by atoms with E-state index in [9.17, 15) is 18.0 Å². The minimum atomic E-state index is -4.81. The lowest BCUT2D eigenvalue weighted by Gasteiger charge is -2.28. The smallest absolute Gasteiger partial charge is 0.347 e. The molecular formula is C11H15N5O7S. The number of imidazole rings is 1. The SMILES string of the molecule is O=C(NOCc1ncc[nH]1)[C@@H]1CCC2CN1C(=O)N2OS(=O)(=O)O. The first kappa shape index (κ1) is 16.6. The summed E-state index contributed by atoms with van der Waals surface area (Å²) in [5, 5.41) is 0.576. The van der Waals surface area contributed by atoms with Gasteiger partial charge in [-0.15, -0.1) is 4.28 Å². The molecule has 0 aromatic carbocycles. The zero-order chi connectivity index (χ0) is 17.3. The Kier molecular flexibility index (Phi) is 4.40. The van der Waals surface area contributed by atoms with Gasteiger partial charge in [-0.05, 0) is 12.8 Å². The summed E-state index contributed by atoms with van der Waals surface area (Å²) in [6.45, 7) is 0.143. The van der Waals surface area contributed by atoms with Gasteiger partial charge in [0.2, 0.25) is 0 Å². The van der Waals surface area contributed by atoms with Crippen molar-refractivity contribution in [2.75, 3.05) is 6.54 Å². The van der Waals surface area contributed by atoms with Crippen molar-refractivity contribution >= 4 is 22.3 Å². The Morgan fingerprint density at radius 3 is 2.96 bits per heavy atom. The summed E-state index contributed by atoms with van der Waals surface area (Å²) in [7, 11) is -4.81. The Bertz CT molecular complexity index is 721. The molecule has 3 N–H and O–H groups in total. The van der Waals surface area contributed by atoms with Crippen molar-refractivity contribution < 1.29 is 31.7 Å². The number of carbonyl (C=O) groups is 2. The second-order valence-corrected chi connectivity index (χ2v) is 6.31. The van der Waals surface area contributed by atoms with Crippen LogP contribution in [-0.2, 0) is 30.9 Å². The summed E-state index contributed by atoms with van der Waals surface area (Å²) in [4.78, 5) is 37.2. The fraction of sp³-hybridized carbons (Fsp3) is 0.545. The maximum Gasteiger partial charge on any atom is 0.418 e. The van der Waals surface area contributed by atoms with E-state index < -0.39 is 34.4 Å². The third kappa shape index (κ3) is 3.48. The van der Waals surface area contributed by atoms with Gasteiger partial charge in [-0.1, -0.05) is 0 Å². The number of hydroxylamine groups is 3. The number of nitrogens with zero attached hydrogens (tertiary/aromatic N) is 3. The molecule has 0 aliphatic carbocycles. The average molecular weight is 361 g/mol. The molecule has 24 heavy (non-hydrogen) atoms. The lowest BCUT2D eigenvalue weighted by molar-refractivity contribution is -0.140. The molecule has 0 saturated carbocycles. The second-order valence-electron chi connectivity index (χ2n) is 5.30. The highest BCUT2D eigenvalue weighted by atomic mass is 32.3. The van der Waals surface area contributed by atoms with Gasteiger partial charge in [0.05, 0.1) is 6.04 Å². The minimum absolute atomic E-state index is 0.0278. The first-order chi connectivity index (χ1) is 11.3. The van der Waals surface area contributed by atoms with Gasteiger partial charge < -0.3 is 9.88 Å². The summed E-state index contributed by atoms with van der Waals surface area (Å²) in [6.07, 6.45) is 3.79. The van der Waals surface area contributed by atoms with Crippen LogP contribution in [0.25, 0.3) is 0 Å². The monoisotopic (exact) mass is 361 g/mol. The van der Waals surface area contributed by atoms with Gasteiger partial charge in [-0.3, -0.25) is 14.2 Å². The Hall–Kier alpha value is -2.22. The van der Waals surface area contributed by atoms with Crippen molar-refractivity contribution in [2.45, 2.75) is 31.5 Å². The van der Waals surface area contributed by atoms with Crippen LogP contribution in [-0.4, -0.2) is 63.5 Å². The molecule has 13 heteroatoms. The van der Waals surface area contributed by atoms with Gasteiger partial charge in [0.25, 0.3) is 5.91 Å². The van der Waals surface area contributed by atoms with Crippen molar-refractivity contribution in [3.05, 3.63) is 18.2 Å². The van der Waals surface area contributed by atoms with Gasteiger partial charge in [0, 0.05) is 18.9 Å². The molecule has 2 aliphatic rings. The van der Waals surface area contributed by atoms with Crippen LogP contribution in [0.4, 0.5) is 4.79 Å². The Labute approximate surface area is 136 Å². The lowest BCUT2D eigenvalue weighted by Crippen LogP contribution is -2.49. The third-order valence-corrected chi connectivity index (χ3v) is 4.09. The molecule has 2 fully saturated rings. The highest BCUT2D eigenvalue weighted by Crippen LogP contribution is 2.30. The van der Waals surface area contributed by atoms with Gasteiger partial charge in [-0.25, -0.2) is 15.3 Å². The summed E-state index contributed by atoms with van der Waals surface area (Å²) in [5.74, 6) is -0.0222. The largest absolute Gasteiger partial charge is 0.418 e. The van der Waals surface area contributed by atoms with Crippen LogP contribution in [0.5, 0.6) is 0 Å². The normalized spacial score (nSPS) is 23.6. The van der Waals surface area contributed by atoms with E-state index in [1.165, 1.54) is 11.1 Å². The zero-order valence-corrected chi connectivity index (χ0v) is 13.1. The van der Waals surface area contributed by atoms with E-state index in [0.717, 1.165) is 0 Å². The molecule has 3 amide bonds. The summed E-state index contributed by atoms with van der Waals surface area (Å²) in [6, 6.07) is -2.17. The van der Waals surface area contributed by atoms with Gasteiger partial charge in [0.15, 0.2) is 0 Å². The highest BCUT2D eigenvalue weighted by molar-refractivity contribution is 7.80. The number of H-pyrrole nitrogens is 1. The van der Waals surface area contributed by atoms with Crippen molar-refractivity contribution in [1.29, 1.82) is 0 Å².